The second-order valence-electron chi connectivity index (χ2n) is 8.93. The molecule has 3 atom stereocenters. The predicted molar refractivity (Wildman–Crippen MR) is 129 cm³/mol. The lowest BCUT2D eigenvalue weighted by Gasteiger charge is -2.52. The van der Waals surface area contributed by atoms with Gasteiger partial charge in [0.2, 0.25) is 11.9 Å². The van der Waals surface area contributed by atoms with Gasteiger partial charge in [0.1, 0.15) is 0 Å². The number of ether oxygens (including phenoxy) is 1. The summed E-state index contributed by atoms with van der Waals surface area (Å²) in [6, 6.07) is 0. The first-order valence-electron chi connectivity index (χ1n) is 12.1. The maximum absolute atomic E-state index is 6.90. The van der Waals surface area contributed by atoms with Gasteiger partial charge in [-0.15, -0.1) is 5.12 Å². The van der Waals surface area contributed by atoms with E-state index in [-0.39, 0.29) is 12.5 Å². The van der Waals surface area contributed by atoms with Crippen molar-refractivity contribution in [1.29, 1.82) is 0 Å². The lowest BCUT2D eigenvalue weighted by molar-refractivity contribution is -0.370. The molecule has 10 nitrogen and oxygen atoms in total. The summed E-state index contributed by atoms with van der Waals surface area (Å²) >= 11 is 1.64. The number of hydroxylamine groups is 1. The largest absolute Gasteiger partial charge is 0.479 e. The topological polar surface area (TPSA) is 71.7 Å². The summed E-state index contributed by atoms with van der Waals surface area (Å²) in [6.45, 7) is 4.15. The number of hydrazine groups is 2. The van der Waals surface area contributed by atoms with Crippen LogP contribution in [0.3, 0.4) is 0 Å². The molecule has 33 heavy (non-hydrogen) atoms. The van der Waals surface area contributed by atoms with Crippen LogP contribution in [0.25, 0.3) is 0 Å². The monoisotopic (exact) mass is 472 g/mol. The zero-order valence-corrected chi connectivity index (χ0v) is 19.7. The van der Waals surface area contributed by atoms with E-state index in [0.717, 1.165) is 82.7 Å². The Labute approximate surface area is 199 Å². The smallest absolute Gasteiger partial charge is 0.225 e. The summed E-state index contributed by atoms with van der Waals surface area (Å²) in [5.74, 6) is 0.978. The Hall–Kier alpha value is -1.92. The zero-order valence-electron chi connectivity index (χ0n) is 18.9. The molecule has 1 fully saturated rings. The molecule has 0 radical (unpaired) electrons. The minimum absolute atomic E-state index is 0.215. The van der Waals surface area contributed by atoms with E-state index >= 15 is 0 Å². The summed E-state index contributed by atoms with van der Waals surface area (Å²) in [6.07, 6.45) is 17.6. The maximum atomic E-state index is 6.90. The summed E-state index contributed by atoms with van der Waals surface area (Å²) < 4.78 is 11.1. The van der Waals surface area contributed by atoms with Crippen molar-refractivity contribution in [2.45, 2.75) is 56.6 Å². The molecule has 0 amide bonds. The third-order valence-corrected chi connectivity index (χ3v) is 7.61. The molecule has 0 saturated carbocycles. The highest BCUT2D eigenvalue weighted by Crippen LogP contribution is 2.45. The van der Waals surface area contributed by atoms with Gasteiger partial charge in [-0.05, 0) is 43.7 Å². The average Bonchev–Trinajstić information content (AvgIpc) is 3.66. The highest BCUT2D eigenvalue weighted by molar-refractivity contribution is 7.98. The number of aliphatic imine (C=N–C) groups is 1. The fourth-order valence-corrected chi connectivity index (χ4v) is 6.11. The molecular weight excluding hydrogens is 440 g/mol. The van der Waals surface area contributed by atoms with Crippen molar-refractivity contribution in [2.75, 3.05) is 38.5 Å². The van der Waals surface area contributed by atoms with Crippen LogP contribution < -0.4 is 0 Å². The molecule has 11 heteroatoms. The normalized spacial score (nSPS) is 35.6. The SMILES string of the molecule is C1=COC(N2OC(N3C=NCC3)C(C3=NSCC3)(N3CCCC=N3)N2N2CC=CCC2)CC1. The Morgan fingerprint density at radius 3 is 2.79 bits per heavy atom. The van der Waals surface area contributed by atoms with E-state index in [1.165, 1.54) is 0 Å². The molecule has 1 saturated heterocycles. The first-order chi connectivity index (χ1) is 16.4. The van der Waals surface area contributed by atoms with Crippen LogP contribution in [0.4, 0.5) is 0 Å². The standard InChI is InChI=1S/C22H32N8O2S/c1-4-12-27(13-5-1)30-22(19-9-17-33-25-19,28-14-6-3-10-24-28)21(26-15-11-23-18-26)32-29(30)20-8-2-7-16-31-20/h1,4,7,10,16,18,20-21H,2-3,5-6,8-9,11-15,17H2. The Kier molecular flexibility index (Phi) is 6.14. The van der Waals surface area contributed by atoms with E-state index in [9.17, 15) is 0 Å². The van der Waals surface area contributed by atoms with Gasteiger partial charge in [-0.1, -0.05) is 17.3 Å². The Balaban J connectivity index is 1.51. The van der Waals surface area contributed by atoms with Crippen LogP contribution in [-0.2, 0) is 9.57 Å². The number of hydrazone groups is 1. The van der Waals surface area contributed by atoms with E-state index in [2.05, 4.69) is 43.3 Å². The van der Waals surface area contributed by atoms with E-state index in [1.807, 2.05) is 17.7 Å². The average molecular weight is 473 g/mol. The van der Waals surface area contributed by atoms with Crippen LogP contribution in [0.2, 0.25) is 0 Å². The van der Waals surface area contributed by atoms with Crippen LogP contribution in [0.1, 0.15) is 38.5 Å². The van der Waals surface area contributed by atoms with Gasteiger partial charge in [-0.25, -0.2) is 14.2 Å². The van der Waals surface area contributed by atoms with Gasteiger partial charge in [-0.3, -0.25) is 10.0 Å². The van der Waals surface area contributed by atoms with Crippen molar-refractivity contribution < 1.29 is 9.57 Å². The van der Waals surface area contributed by atoms with Crippen molar-refractivity contribution >= 4 is 30.2 Å². The van der Waals surface area contributed by atoms with Gasteiger partial charge in [0.15, 0.2) is 6.23 Å². The van der Waals surface area contributed by atoms with Crippen LogP contribution in [-0.4, -0.2) is 100 Å². The van der Waals surface area contributed by atoms with E-state index < -0.39 is 5.66 Å². The van der Waals surface area contributed by atoms with E-state index in [0.29, 0.717) is 0 Å². The van der Waals surface area contributed by atoms with Gasteiger partial charge in [0.25, 0.3) is 0 Å². The molecule has 0 aromatic carbocycles. The molecule has 0 N–H and O–H groups in total. The van der Waals surface area contributed by atoms with Crippen LogP contribution in [0.15, 0.2) is 39.0 Å². The summed E-state index contributed by atoms with van der Waals surface area (Å²) in [5.41, 5.74) is 0.409. The summed E-state index contributed by atoms with van der Waals surface area (Å²) in [7, 11) is 0. The van der Waals surface area contributed by atoms with Crippen LogP contribution in [0, 0.1) is 0 Å². The summed E-state index contributed by atoms with van der Waals surface area (Å²) in [5, 5.41) is 13.9. The Bertz CT molecular complexity index is 878. The van der Waals surface area contributed by atoms with Gasteiger partial charge in [0, 0.05) is 51.0 Å². The van der Waals surface area contributed by atoms with Crippen LogP contribution >= 0.6 is 11.9 Å². The minimum Gasteiger partial charge on any atom is -0.479 e. The molecule has 0 aliphatic carbocycles. The number of nitrogens with zero attached hydrogens (tertiary/aromatic N) is 8. The molecule has 0 spiro atoms. The summed E-state index contributed by atoms with van der Waals surface area (Å²) in [4.78, 5) is 13.7. The van der Waals surface area contributed by atoms with Crippen molar-refractivity contribution in [2.24, 2.45) is 14.5 Å². The molecule has 0 bridgehead atoms. The van der Waals surface area contributed by atoms with Crippen molar-refractivity contribution in [3.05, 3.63) is 24.5 Å². The first-order valence-corrected chi connectivity index (χ1v) is 13.0. The number of rotatable bonds is 5. The number of allylic oxidation sites excluding steroid dienone is 1. The van der Waals surface area contributed by atoms with Gasteiger partial charge < -0.3 is 9.64 Å². The lowest BCUT2D eigenvalue weighted by Crippen LogP contribution is -2.74. The molecule has 0 aromatic rings. The quantitative estimate of drug-likeness (QED) is 0.446. The van der Waals surface area contributed by atoms with Gasteiger partial charge >= 0.3 is 0 Å². The molecule has 178 valence electrons. The molecule has 6 aliphatic heterocycles. The fourth-order valence-electron chi connectivity index (χ4n) is 5.35. The second-order valence-corrected chi connectivity index (χ2v) is 9.78. The van der Waals surface area contributed by atoms with E-state index in [4.69, 9.17) is 19.1 Å². The van der Waals surface area contributed by atoms with Crippen molar-refractivity contribution in [3.63, 3.8) is 0 Å². The Morgan fingerprint density at radius 1 is 1.09 bits per heavy atom. The predicted octanol–water partition coefficient (Wildman–Crippen LogP) is 2.22. The highest BCUT2D eigenvalue weighted by Gasteiger charge is 2.67. The molecule has 6 aliphatic rings. The first kappa shape index (κ1) is 21.6. The van der Waals surface area contributed by atoms with Crippen molar-refractivity contribution in [1.82, 2.24) is 25.2 Å². The van der Waals surface area contributed by atoms with Gasteiger partial charge in [0.05, 0.1) is 24.9 Å². The number of hydrogen-bond donors (Lipinski definition) is 0. The highest BCUT2D eigenvalue weighted by atomic mass is 32.2. The number of hydrogen-bond acceptors (Lipinski definition) is 11. The molecule has 6 rings (SSSR count). The molecular formula is C22H32N8O2S. The maximum Gasteiger partial charge on any atom is 0.225 e. The Morgan fingerprint density at radius 2 is 2.09 bits per heavy atom. The third kappa shape index (κ3) is 3.70. The zero-order chi connectivity index (χ0) is 22.1. The fraction of sp³-hybridized carbons (Fsp3) is 0.682. The lowest BCUT2D eigenvalue weighted by atomic mass is 9.96. The van der Waals surface area contributed by atoms with Crippen molar-refractivity contribution in [3.8, 4) is 0 Å². The molecule has 0 aromatic heterocycles. The molecule has 3 unspecified atom stereocenters. The van der Waals surface area contributed by atoms with Crippen LogP contribution in [0.5, 0.6) is 0 Å². The van der Waals surface area contributed by atoms with Gasteiger partial charge in [-0.2, -0.15) is 5.10 Å². The minimum atomic E-state index is -0.702. The molecule has 6 heterocycles. The van der Waals surface area contributed by atoms with E-state index in [1.54, 1.807) is 18.2 Å². The third-order valence-electron chi connectivity index (χ3n) is 6.87. The second kappa shape index (κ2) is 9.38.